The van der Waals surface area contributed by atoms with Crippen molar-refractivity contribution in [1.29, 1.82) is 0 Å². The second kappa shape index (κ2) is 5.70. The van der Waals surface area contributed by atoms with Crippen LogP contribution in [0.1, 0.15) is 32.8 Å². The van der Waals surface area contributed by atoms with Gasteiger partial charge < -0.3 is 5.32 Å². The van der Waals surface area contributed by atoms with Crippen molar-refractivity contribution in [1.82, 2.24) is 5.32 Å². The summed E-state index contributed by atoms with van der Waals surface area (Å²) in [5.74, 6) is 0. The highest BCUT2D eigenvalue weighted by Gasteiger charge is 2.17. The van der Waals surface area contributed by atoms with Crippen molar-refractivity contribution in [2.75, 3.05) is 7.05 Å². The fourth-order valence-corrected chi connectivity index (χ4v) is 2.18. The molecule has 0 radical (unpaired) electrons. The molecule has 1 rings (SSSR count). The quantitative estimate of drug-likeness (QED) is 0.840. The van der Waals surface area contributed by atoms with Crippen LogP contribution >= 0.6 is 11.6 Å². The Morgan fingerprint density at radius 1 is 1.31 bits per heavy atom. The Bertz CT molecular complexity index is 328. The average molecular weight is 240 g/mol. The van der Waals surface area contributed by atoms with Gasteiger partial charge in [-0.2, -0.15) is 0 Å². The molecular formula is C14H22ClN. The second-order valence-corrected chi connectivity index (χ2v) is 6.02. The molecule has 90 valence electrons. The van der Waals surface area contributed by atoms with E-state index in [-0.39, 0.29) is 0 Å². The van der Waals surface area contributed by atoms with Gasteiger partial charge in [0.25, 0.3) is 0 Å². The molecule has 0 bridgehead atoms. The van der Waals surface area contributed by atoms with Crippen LogP contribution in [-0.2, 0) is 6.42 Å². The van der Waals surface area contributed by atoms with E-state index in [1.54, 1.807) is 0 Å². The normalized spacial score (nSPS) is 13.8. The molecule has 1 N–H and O–H groups in total. The van der Waals surface area contributed by atoms with Crippen LogP contribution in [0.2, 0.25) is 5.02 Å². The first-order chi connectivity index (χ1) is 7.40. The maximum atomic E-state index is 5.98. The zero-order valence-electron chi connectivity index (χ0n) is 10.7. The molecule has 0 saturated carbocycles. The van der Waals surface area contributed by atoms with E-state index in [1.165, 1.54) is 5.56 Å². The number of nitrogens with one attached hydrogen (secondary N) is 1. The van der Waals surface area contributed by atoms with Crippen molar-refractivity contribution in [3.05, 3.63) is 34.9 Å². The Morgan fingerprint density at radius 2 is 2.00 bits per heavy atom. The fraction of sp³-hybridized carbons (Fsp3) is 0.571. The topological polar surface area (TPSA) is 12.0 Å². The zero-order valence-corrected chi connectivity index (χ0v) is 11.4. The molecule has 0 aliphatic heterocycles. The SMILES string of the molecule is CNC(Cc1cccc(Cl)c1)CC(C)(C)C. The Labute approximate surface area is 104 Å². The van der Waals surface area contributed by atoms with E-state index in [0.29, 0.717) is 11.5 Å². The molecule has 0 spiro atoms. The average Bonchev–Trinajstić information content (AvgIpc) is 2.14. The van der Waals surface area contributed by atoms with Crippen molar-refractivity contribution in [2.24, 2.45) is 5.41 Å². The van der Waals surface area contributed by atoms with E-state index in [1.807, 2.05) is 19.2 Å². The lowest BCUT2D eigenvalue weighted by molar-refractivity contribution is 0.316. The molecule has 1 aromatic carbocycles. The first-order valence-corrected chi connectivity index (χ1v) is 6.20. The van der Waals surface area contributed by atoms with Crippen molar-refractivity contribution >= 4 is 11.6 Å². The lowest BCUT2D eigenvalue weighted by Gasteiger charge is -2.25. The van der Waals surface area contributed by atoms with Gasteiger partial charge in [-0.3, -0.25) is 0 Å². The Balaban J connectivity index is 2.63. The molecule has 0 fully saturated rings. The van der Waals surface area contributed by atoms with Crippen LogP contribution in [0.5, 0.6) is 0 Å². The first-order valence-electron chi connectivity index (χ1n) is 5.82. The highest BCUT2D eigenvalue weighted by molar-refractivity contribution is 6.30. The van der Waals surface area contributed by atoms with Gasteiger partial charge in [-0.1, -0.05) is 44.5 Å². The molecular weight excluding hydrogens is 218 g/mol. The lowest BCUT2D eigenvalue weighted by atomic mass is 9.86. The van der Waals surface area contributed by atoms with E-state index >= 15 is 0 Å². The van der Waals surface area contributed by atoms with Gasteiger partial charge in [-0.15, -0.1) is 0 Å². The highest BCUT2D eigenvalue weighted by Crippen LogP contribution is 2.23. The largest absolute Gasteiger partial charge is 0.317 e. The number of likely N-dealkylation sites (N-methyl/N-ethyl adjacent to an activating group) is 1. The van der Waals surface area contributed by atoms with Crippen LogP contribution in [0.15, 0.2) is 24.3 Å². The van der Waals surface area contributed by atoms with E-state index in [9.17, 15) is 0 Å². The minimum absolute atomic E-state index is 0.353. The summed E-state index contributed by atoms with van der Waals surface area (Å²) < 4.78 is 0. The van der Waals surface area contributed by atoms with E-state index in [4.69, 9.17) is 11.6 Å². The minimum atomic E-state index is 0.353. The first kappa shape index (κ1) is 13.5. The molecule has 2 heteroatoms. The molecule has 0 saturated heterocycles. The summed E-state index contributed by atoms with van der Waals surface area (Å²) in [6.45, 7) is 6.82. The molecule has 1 nitrogen and oxygen atoms in total. The summed E-state index contributed by atoms with van der Waals surface area (Å²) in [5, 5.41) is 4.21. The molecule has 0 heterocycles. The summed E-state index contributed by atoms with van der Waals surface area (Å²) in [6.07, 6.45) is 2.20. The number of hydrogen-bond acceptors (Lipinski definition) is 1. The smallest absolute Gasteiger partial charge is 0.0408 e. The van der Waals surface area contributed by atoms with Crippen LogP contribution < -0.4 is 5.32 Å². The van der Waals surface area contributed by atoms with Crippen LogP contribution in [-0.4, -0.2) is 13.1 Å². The third-order valence-electron chi connectivity index (χ3n) is 2.64. The fourth-order valence-electron chi connectivity index (χ4n) is 1.96. The van der Waals surface area contributed by atoms with Gasteiger partial charge in [0, 0.05) is 11.1 Å². The number of rotatable bonds is 4. The lowest BCUT2D eigenvalue weighted by Crippen LogP contribution is -2.32. The summed E-state index contributed by atoms with van der Waals surface area (Å²) in [5.41, 5.74) is 1.66. The van der Waals surface area contributed by atoms with Crippen molar-refractivity contribution in [3.8, 4) is 0 Å². The van der Waals surface area contributed by atoms with Crippen LogP contribution in [0, 0.1) is 5.41 Å². The predicted molar refractivity (Wildman–Crippen MR) is 72.1 cm³/mol. The maximum absolute atomic E-state index is 5.98. The Kier molecular flexibility index (Phi) is 4.82. The number of hydrogen-bond donors (Lipinski definition) is 1. The van der Waals surface area contributed by atoms with Crippen molar-refractivity contribution in [2.45, 2.75) is 39.7 Å². The number of benzene rings is 1. The van der Waals surface area contributed by atoms with Crippen molar-refractivity contribution in [3.63, 3.8) is 0 Å². The number of halogens is 1. The summed E-state index contributed by atoms with van der Waals surface area (Å²) >= 11 is 5.98. The maximum Gasteiger partial charge on any atom is 0.0408 e. The third kappa shape index (κ3) is 5.00. The van der Waals surface area contributed by atoms with Gasteiger partial charge in [-0.25, -0.2) is 0 Å². The third-order valence-corrected chi connectivity index (χ3v) is 2.87. The van der Waals surface area contributed by atoms with Crippen LogP contribution in [0.3, 0.4) is 0 Å². The minimum Gasteiger partial charge on any atom is -0.317 e. The molecule has 16 heavy (non-hydrogen) atoms. The van der Waals surface area contributed by atoms with Gasteiger partial charge in [0.2, 0.25) is 0 Å². The molecule has 0 amide bonds. The van der Waals surface area contributed by atoms with E-state index < -0.39 is 0 Å². The Hall–Kier alpha value is -0.530. The molecule has 1 atom stereocenters. The van der Waals surface area contributed by atoms with Crippen LogP contribution in [0.4, 0.5) is 0 Å². The molecule has 0 aliphatic rings. The summed E-state index contributed by atoms with van der Waals surface area (Å²) in [4.78, 5) is 0. The van der Waals surface area contributed by atoms with Gasteiger partial charge in [-0.05, 0) is 43.0 Å². The molecule has 0 aliphatic carbocycles. The highest BCUT2D eigenvalue weighted by atomic mass is 35.5. The van der Waals surface area contributed by atoms with E-state index in [2.05, 4.69) is 38.2 Å². The predicted octanol–water partition coefficient (Wildman–Crippen LogP) is 3.91. The molecule has 0 aromatic heterocycles. The summed E-state index contributed by atoms with van der Waals surface area (Å²) in [7, 11) is 2.03. The molecule has 1 unspecified atom stereocenters. The summed E-state index contributed by atoms with van der Waals surface area (Å²) in [6, 6.07) is 8.64. The standard InChI is InChI=1S/C14H22ClN/c1-14(2,3)10-13(16-4)9-11-6-5-7-12(15)8-11/h5-8,13,16H,9-10H2,1-4H3. The van der Waals surface area contributed by atoms with Gasteiger partial charge in [0.1, 0.15) is 0 Å². The monoisotopic (exact) mass is 239 g/mol. The second-order valence-electron chi connectivity index (χ2n) is 5.58. The van der Waals surface area contributed by atoms with Crippen LogP contribution in [0.25, 0.3) is 0 Å². The Morgan fingerprint density at radius 3 is 2.50 bits per heavy atom. The van der Waals surface area contributed by atoms with Gasteiger partial charge >= 0.3 is 0 Å². The van der Waals surface area contributed by atoms with Gasteiger partial charge in [0.15, 0.2) is 0 Å². The molecule has 1 aromatic rings. The zero-order chi connectivity index (χ0) is 12.2. The van der Waals surface area contributed by atoms with Crippen molar-refractivity contribution < 1.29 is 0 Å². The van der Waals surface area contributed by atoms with Gasteiger partial charge in [0.05, 0.1) is 0 Å². The van der Waals surface area contributed by atoms with E-state index in [0.717, 1.165) is 17.9 Å².